The first kappa shape index (κ1) is 23.1. The lowest BCUT2D eigenvalue weighted by Gasteiger charge is -2.14. The summed E-state index contributed by atoms with van der Waals surface area (Å²) in [5.74, 6) is 0.847. The van der Waals surface area contributed by atoms with E-state index < -0.39 is 0 Å². The molecule has 0 saturated carbocycles. The van der Waals surface area contributed by atoms with Crippen molar-refractivity contribution in [3.63, 3.8) is 0 Å². The van der Waals surface area contributed by atoms with Crippen LogP contribution in [-0.4, -0.2) is 25.3 Å². The van der Waals surface area contributed by atoms with Gasteiger partial charge in [0.2, 0.25) is 0 Å². The van der Waals surface area contributed by atoms with Crippen molar-refractivity contribution in [2.45, 2.75) is 13.8 Å². The van der Waals surface area contributed by atoms with Gasteiger partial charge in [-0.25, -0.2) is 0 Å². The number of benzene rings is 3. The summed E-state index contributed by atoms with van der Waals surface area (Å²) in [7, 11) is 0. The van der Waals surface area contributed by atoms with E-state index in [0.29, 0.717) is 23.1 Å². The van der Waals surface area contributed by atoms with Crippen LogP contribution in [0.25, 0.3) is 0 Å². The SMILES string of the molecule is CCOc1cc(C=Nc2cccc(Cl)c2C)cc(I)c1OCC(=O)Nc1ccccc1. The number of halogens is 2. The molecular formula is C24H22ClIN2O3. The standard InChI is InChI=1S/C24H22ClIN2O3/c1-3-30-22-13-17(14-27-21-11-7-10-19(25)16(21)2)12-20(26)24(22)31-15-23(29)28-18-8-5-4-6-9-18/h4-14H,3,15H2,1-2H3,(H,28,29). The molecule has 5 nitrogen and oxygen atoms in total. The summed E-state index contributed by atoms with van der Waals surface area (Å²) >= 11 is 8.34. The molecule has 0 radical (unpaired) electrons. The van der Waals surface area contributed by atoms with Crippen molar-refractivity contribution in [1.29, 1.82) is 0 Å². The van der Waals surface area contributed by atoms with Gasteiger partial charge >= 0.3 is 0 Å². The highest BCUT2D eigenvalue weighted by Crippen LogP contribution is 2.34. The molecule has 1 N–H and O–H groups in total. The molecule has 1 amide bonds. The number of hydrogen-bond acceptors (Lipinski definition) is 4. The molecule has 0 spiro atoms. The maximum absolute atomic E-state index is 12.2. The highest BCUT2D eigenvalue weighted by atomic mass is 127. The van der Waals surface area contributed by atoms with Crippen molar-refractivity contribution in [1.82, 2.24) is 0 Å². The van der Waals surface area contributed by atoms with Crippen LogP contribution in [0.1, 0.15) is 18.1 Å². The minimum Gasteiger partial charge on any atom is -0.490 e. The quantitative estimate of drug-likeness (QED) is 0.261. The Morgan fingerprint density at radius 3 is 2.65 bits per heavy atom. The molecule has 0 aliphatic rings. The Morgan fingerprint density at radius 1 is 1.13 bits per heavy atom. The summed E-state index contributed by atoms with van der Waals surface area (Å²) in [6.07, 6.45) is 1.76. The lowest BCUT2D eigenvalue weighted by Crippen LogP contribution is -2.20. The molecule has 0 heterocycles. The average molecular weight is 549 g/mol. The number of para-hydroxylation sites is 1. The molecule has 0 aromatic heterocycles. The smallest absolute Gasteiger partial charge is 0.262 e. The molecule has 0 aliphatic heterocycles. The number of aliphatic imine (C=N–C) groups is 1. The Hall–Kier alpha value is -2.58. The van der Waals surface area contributed by atoms with E-state index in [-0.39, 0.29) is 12.5 Å². The molecule has 0 bridgehead atoms. The normalized spacial score (nSPS) is 10.8. The number of carbonyl (C=O) groups excluding carboxylic acids is 1. The van der Waals surface area contributed by atoms with E-state index in [4.69, 9.17) is 21.1 Å². The first-order chi connectivity index (χ1) is 15.0. The molecule has 0 saturated heterocycles. The van der Waals surface area contributed by atoms with E-state index in [0.717, 1.165) is 26.1 Å². The first-order valence-electron chi connectivity index (χ1n) is 9.71. The minimum atomic E-state index is -0.244. The fourth-order valence-corrected chi connectivity index (χ4v) is 3.75. The molecule has 0 aliphatic carbocycles. The summed E-state index contributed by atoms with van der Waals surface area (Å²) in [5.41, 5.74) is 3.30. The van der Waals surface area contributed by atoms with Gasteiger partial charge in [0, 0.05) is 16.9 Å². The third-order valence-electron chi connectivity index (χ3n) is 4.33. The van der Waals surface area contributed by atoms with Gasteiger partial charge in [0.05, 0.1) is 15.9 Å². The van der Waals surface area contributed by atoms with Crippen LogP contribution >= 0.6 is 34.2 Å². The number of amides is 1. The molecule has 3 rings (SSSR count). The Kier molecular flexibility index (Phi) is 8.31. The second kappa shape index (κ2) is 11.2. The van der Waals surface area contributed by atoms with Crippen molar-refractivity contribution < 1.29 is 14.3 Å². The fraction of sp³-hybridized carbons (Fsp3) is 0.167. The number of hydrogen-bond donors (Lipinski definition) is 1. The van der Waals surface area contributed by atoms with Gasteiger partial charge in [-0.15, -0.1) is 0 Å². The van der Waals surface area contributed by atoms with Crippen LogP contribution in [0.15, 0.2) is 65.7 Å². The van der Waals surface area contributed by atoms with Crippen LogP contribution in [0.4, 0.5) is 11.4 Å². The van der Waals surface area contributed by atoms with Crippen LogP contribution in [-0.2, 0) is 4.79 Å². The molecule has 0 fully saturated rings. The van der Waals surface area contributed by atoms with Crippen molar-refractivity contribution in [2.75, 3.05) is 18.5 Å². The Morgan fingerprint density at radius 2 is 1.90 bits per heavy atom. The fourth-order valence-electron chi connectivity index (χ4n) is 2.80. The van der Waals surface area contributed by atoms with Gasteiger partial charge in [0.15, 0.2) is 18.1 Å². The van der Waals surface area contributed by atoms with E-state index in [1.54, 1.807) is 6.21 Å². The van der Waals surface area contributed by atoms with E-state index >= 15 is 0 Å². The van der Waals surface area contributed by atoms with Crippen molar-refractivity contribution >= 4 is 57.7 Å². The maximum atomic E-state index is 12.2. The number of rotatable bonds is 8. The van der Waals surface area contributed by atoms with Gasteiger partial charge in [0.1, 0.15) is 0 Å². The van der Waals surface area contributed by atoms with Gasteiger partial charge < -0.3 is 14.8 Å². The predicted molar refractivity (Wildman–Crippen MR) is 134 cm³/mol. The molecule has 3 aromatic rings. The van der Waals surface area contributed by atoms with Crippen molar-refractivity contribution in [3.05, 3.63) is 80.4 Å². The maximum Gasteiger partial charge on any atom is 0.262 e. The van der Waals surface area contributed by atoms with E-state index in [9.17, 15) is 4.79 Å². The van der Waals surface area contributed by atoms with Crippen LogP contribution in [0.5, 0.6) is 11.5 Å². The molecule has 160 valence electrons. The predicted octanol–water partition coefficient (Wildman–Crippen LogP) is 6.42. The second-order valence-electron chi connectivity index (χ2n) is 6.61. The summed E-state index contributed by atoms with van der Waals surface area (Å²) in [5, 5.41) is 3.48. The van der Waals surface area contributed by atoms with Gasteiger partial charge in [-0.1, -0.05) is 35.9 Å². The van der Waals surface area contributed by atoms with Crippen molar-refractivity contribution in [3.8, 4) is 11.5 Å². The third kappa shape index (κ3) is 6.45. The van der Waals surface area contributed by atoms with Gasteiger partial charge in [-0.2, -0.15) is 0 Å². The Bertz CT molecular complexity index is 1090. The molecule has 7 heteroatoms. The molecule has 3 aromatic carbocycles. The lowest BCUT2D eigenvalue weighted by molar-refractivity contribution is -0.118. The molecule has 0 unspecified atom stereocenters. The van der Waals surface area contributed by atoms with Crippen LogP contribution in [0.3, 0.4) is 0 Å². The number of nitrogens with one attached hydrogen (secondary N) is 1. The summed E-state index contributed by atoms with van der Waals surface area (Å²) in [6, 6.07) is 18.6. The highest BCUT2D eigenvalue weighted by molar-refractivity contribution is 14.1. The van der Waals surface area contributed by atoms with Crippen LogP contribution in [0.2, 0.25) is 5.02 Å². The topological polar surface area (TPSA) is 59.9 Å². The largest absolute Gasteiger partial charge is 0.490 e. The van der Waals surface area contributed by atoms with E-state index in [2.05, 4.69) is 32.9 Å². The zero-order chi connectivity index (χ0) is 22.2. The Balaban J connectivity index is 1.76. The minimum absolute atomic E-state index is 0.125. The zero-order valence-corrected chi connectivity index (χ0v) is 20.1. The van der Waals surface area contributed by atoms with Gasteiger partial charge in [0.25, 0.3) is 5.91 Å². The highest BCUT2D eigenvalue weighted by Gasteiger charge is 2.14. The monoisotopic (exact) mass is 548 g/mol. The summed E-state index contributed by atoms with van der Waals surface area (Å²) in [6.45, 7) is 4.17. The third-order valence-corrected chi connectivity index (χ3v) is 5.54. The second-order valence-corrected chi connectivity index (χ2v) is 8.18. The van der Waals surface area contributed by atoms with E-state index in [1.165, 1.54) is 0 Å². The van der Waals surface area contributed by atoms with E-state index in [1.807, 2.05) is 74.5 Å². The number of carbonyl (C=O) groups is 1. The number of ether oxygens (including phenoxy) is 2. The first-order valence-corrected chi connectivity index (χ1v) is 11.2. The van der Waals surface area contributed by atoms with Gasteiger partial charge in [-0.05, 0) is 84.0 Å². The van der Waals surface area contributed by atoms with Gasteiger partial charge in [-0.3, -0.25) is 9.79 Å². The van der Waals surface area contributed by atoms with Crippen molar-refractivity contribution in [2.24, 2.45) is 4.99 Å². The van der Waals surface area contributed by atoms with Crippen LogP contribution < -0.4 is 14.8 Å². The number of nitrogens with zero attached hydrogens (tertiary/aromatic N) is 1. The summed E-state index contributed by atoms with van der Waals surface area (Å²) in [4.78, 5) is 16.8. The summed E-state index contributed by atoms with van der Waals surface area (Å²) < 4.78 is 12.4. The molecular weight excluding hydrogens is 527 g/mol. The zero-order valence-electron chi connectivity index (χ0n) is 17.2. The number of anilines is 1. The molecule has 31 heavy (non-hydrogen) atoms. The molecule has 0 atom stereocenters. The lowest BCUT2D eigenvalue weighted by atomic mass is 10.2. The Labute approximate surface area is 200 Å². The van der Waals surface area contributed by atoms with Crippen LogP contribution in [0, 0.1) is 10.5 Å². The average Bonchev–Trinajstić information content (AvgIpc) is 2.75.